The number of benzene rings is 1. The first-order valence-electron chi connectivity index (χ1n) is 6.31. The normalized spacial score (nSPS) is 12.8. The first-order chi connectivity index (χ1) is 9.66. The molecule has 4 nitrogen and oxygen atoms in total. The molecule has 1 aromatic carbocycles. The van der Waals surface area contributed by atoms with Gasteiger partial charge >= 0.3 is 0 Å². The molecule has 0 radical (unpaired) electrons. The Balaban J connectivity index is 1.88. The van der Waals surface area contributed by atoms with Gasteiger partial charge in [-0.25, -0.2) is 13.5 Å². The molecular weight excluding hydrogens is 266 g/mol. The molecule has 0 saturated carbocycles. The number of aliphatic hydroxyl groups is 1. The van der Waals surface area contributed by atoms with E-state index in [1.54, 1.807) is 17.1 Å². The number of hydrogen-bond donors (Lipinski definition) is 1. The fourth-order valence-electron chi connectivity index (χ4n) is 1.76. The van der Waals surface area contributed by atoms with E-state index in [4.69, 9.17) is 4.74 Å². The standard InChI is InChI=1S/C14H16F2N2O2/c15-14(16)10-20-7-6-13(19)11-8-17-18(9-11)12-4-2-1-3-5-12/h1-5,8-9,13-14,19H,6-7,10H2. The highest BCUT2D eigenvalue weighted by molar-refractivity contribution is 5.31. The van der Waals surface area contributed by atoms with Crippen molar-refractivity contribution in [2.24, 2.45) is 0 Å². The predicted octanol–water partition coefficient (Wildman–Crippen LogP) is 2.58. The second-order valence-corrected chi connectivity index (χ2v) is 4.32. The van der Waals surface area contributed by atoms with Crippen molar-refractivity contribution in [2.75, 3.05) is 13.2 Å². The van der Waals surface area contributed by atoms with Gasteiger partial charge in [0, 0.05) is 24.8 Å². The summed E-state index contributed by atoms with van der Waals surface area (Å²) in [5, 5.41) is 14.1. The summed E-state index contributed by atoms with van der Waals surface area (Å²) >= 11 is 0. The second kappa shape index (κ2) is 7.12. The number of rotatable bonds is 7. The van der Waals surface area contributed by atoms with Crippen LogP contribution in [0.15, 0.2) is 42.7 Å². The van der Waals surface area contributed by atoms with Crippen LogP contribution in [-0.4, -0.2) is 34.5 Å². The summed E-state index contributed by atoms with van der Waals surface area (Å²) < 4.78 is 30.1. The molecule has 108 valence electrons. The fraction of sp³-hybridized carbons (Fsp3) is 0.357. The van der Waals surface area contributed by atoms with E-state index in [-0.39, 0.29) is 13.0 Å². The van der Waals surface area contributed by atoms with E-state index in [2.05, 4.69) is 5.10 Å². The summed E-state index contributed by atoms with van der Waals surface area (Å²) in [6.45, 7) is -0.516. The third-order valence-corrected chi connectivity index (χ3v) is 2.79. The van der Waals surface area contributed by atoms with Crippen molar-refractivity contribution in [3.05, 3.63) is 48.3 Å². The lowest BCUT2D eigenvalue weighted by Gasteiger charge is -2.08. The van der Waals surface area contributed by atoms with Crippen molar-refractivity contribution in [2.45, 2.75) is 19.0 Å². The number of nitrogens with zero attached hydrogens (tertiary/aromatic N) is 2. The zero-order valence-electron chi connectivity index (χ0n) is 10.8. The first-order valence-corrected chi connectivity index (χ1v) is 6.31. The van der Waals surface area contributed by atoms with Crippen LogP contribution in [0, 0.1) is 0 Å². The van der Waals surface area contributed by atoms with Gasteiger partial charge in [-0.2, -0.15) is 5.10 Å². The summed E-state index contributed by atoms with van der Waals surface area (Å²) in [5.74, 6) is 0. The predicted molar refractivity (Wildman–Crippen MR) is 70.0 cm³/mol. The van der Waals surface area contributed by atoms with Crippen molar-refractivity contribution < 1.29 is 18.6 Å². The molecule has 0 spiro atoms. The first kappa shape index (κ1) is 14.6. The quantitative estimate of drug-likeness (QED) is 0.794. The van der Waals surface area contributed by atoms with Gasteiger partial charge in [-0.3, -0.25) is 0 Å². The Kier molecular flexibility index (Phi) is 5.20. The number of ether oxygens (including phenoxy) is 1. The Hall–Kier alpha value is -1.79. The number of hydrogen-bond acceptors (Lipinski definition) is 3. The minimum absolute atomic E-state index is 0.0853. The van der Waals surface area contributed by atoms with Gasteiger partial charge in [0.1, 0.15) is 6.61 Å². The summed E-state index contributed by atoms with van der Waals surface area (Å²) in [4.78, 5) is 0. The Morgan fingerprint density at radius 1 is 1.25 bits per heavy atom. The number of halogens is 2. The molecule has 0 amide bonds. The summed E-state index contributed by atoms with van der Waals surface area (Å²) in [6, 6.07) is 9.49. The minimum atomic E-state index is -2.48. The Morgan fingerprint density at radius 2 is 2.00 bits per heavy atom. The molecule has 1 N–H and O–H groups in total. The smallest absolute Gasteiger partial charge is 0.261 e. The molecular formula is C14H16F2N2O2. The van der Waals surface area contributed by atoms with Gasteiger partial charge in [-0.15, -0.1) is 0 Å². The van der Waals surface area contributed by atoms with Crippen molar-refractivity contribution in [1.29, 1.82) is 0 Å². The van der Waals surface area contributed by atoms with Crippen LogP contribution in [0.25, 0.3) is 5.69 Å². The van der Waals surface area contributed by atoms with Crippen LogP contribution in [-0.2, 0) is 4.74 Å². The highest BCUT2D eigenvalue weighted by Gasteiger charge is 2.11. The zero-order chi connectivity index (χ0) is 14.4. The maximum absolute atomic E-state index is 11.9. The number of aliphatic hydroxyl groups excluding tert-OH is 1. The van der Waals surface area contributed by atoms with Crippen molar-refractivity contribution in [3.8, 4) is 5.69 Å². The Bertz CT molecular complexity index is 517. The van der Waals surface area contributed by atoms with Gasteiger partial charge in [0.2, 0.25) is 0 Å². The van der Waals surface area contributed by atoms with Crippen LogP contribution < -0.4 is 0 Å². The van der Waals surface area contributed by atoms with Crippen LogP contribution in [0.5, 0.6) is 0 Å². The lowest BCUT2D eigenvalue weighted by molar-refractivity contribution is 0.00481. The van der Waals surface area contributed by atoms with Crippen LogP contribution in [0.3, 0.4) is 0 Å². The maximum atomic E-state index is 11.9. The molecule has 0 saturated heterocycles. The topological polar surface area (TPSA) is 47.3 Å². The molecule has 1 aromatic heterocycles. The van der Waals surface area contributed by atoms with E-state index in [9.17, 15) is 13.9 Å². The van der Waals surface area contributed by atoms with Gasteiger partial charge in [0.25, 0.3) is 6.43 Å². The van der Waals surface area contributed by atoms with Gasteiger partial charge in [-0.1, -0.05) is 18.2 Å². The van der Waals surface area contributed by atoms with Crippen LogP contribution in [0.4, 0.5) is 8.78 Å². The fourth-order valence-corrected chi connectivity index (χ4v) is 1.76. The molecule has 2 rings (SSSR count). The highest BCUT2D eigenvalue weighted by atomic mass is 19.3. The number of para-hydroxylation sites is 1. The van der Waals surface area contributed by atoms with E-state index in [1.807, 2.05) is 30.3 Å². The van der Waals surface area contributed by atoms with Crippen LogP contribution >= 0.6 is 0 Å². The molecule has 0 fully saturated rings. The van der Waals surface area contributed by atoms with Gasteiger partial charge in [0.05, 0.1) is 18.0 Å². The zero-order valence-corrected chi connectivity index (χ0v) is 10.8. The molecule has 6 heteroatoms. The molecule has 20 heavy (non-hydrogen) atoms. The molecule has 1 heterocycles. The van der Waals surface area contributed by atoms with Crippen molar-refractivity contribution in [1.82, 2.24) is 9.78 Å². The summed E-state index contributed by atoms with van der Waals surface area (Å²) in [6.07, 6.45) is 0.281. The lowest BCUT2D eigenvalue weighted by atomic mass is 10.1. The largest absolute Gasteiger partial charge is 0.388 e. The molecule has 1 atom stereocenters. The number of aromatic nitrogens is 2. The monoisotopic (exact) mass is 282 g/mol. The van der Waals surface area contributed by atoms with Gasteiger partial charge in [0.15, 0.2) is 0 Å². The van der Waals surface area contributed by atoms with Crippen molar-refractivity contribution >= 4 is 0 Å². The maximum Gasteiger partial charge on any atom is 0.261 e. The van der Waals surface area contributed by atoms with E-state index in [1.165, 1.54) is 0 Å². The van der Waals surface area contributed by atoms with Crippen molar-refractivity contribution in [3.63, 3.8) is 0 Å². The average Bonchev–Trinajstić information content (AvgIpc) is 2.94. The van der Waals surface area contributed by atoms with Gasteiger partial charge < -0.3 is 9.84 Å². The molecule has 1 unspecified atom stereocenters. The van der Waals surface area contributed by atoms with E-state index < -0.39 is 19.1 Å². The number of alkyl halides is 2. The molecule has 0 aliphatic carbocycles. The third kappa shape index (κ3) is 4.11. The summed E-state index contributed by atoms with van der Waals surface area (Å²) in [5.41, 5.74) is 1.52. The van der Waals surface area contributed by atoms with E-state index in [0.717, 1.165) is 5.69 Å². The second-order valence-electron chi connectivity index (χ2n) is 4.32. The summed E-state index contributed by atoms with van der Waals surface area (Å²) in [7, 11) is 0. The van der Waals surface area contributed by atoms with E-state index in [0.29, 0.717) is 5.56 Å². The van der Waals surface area contributed by atoms with Crippen LogP contribution in [0.1, 0.15) is 18.1 Å². The Morgan fingerprint density at radius 3 is 2.70 bits per heavy atom. The van der Waals surface area contributed by atoms with Crippen LogP contribution in [0.2, 0.25) is 0 Å². The molecule has 0 aliphatic heterocycles. The van der Waals surface area contributed by atoms with Gasteiger partial charge in [-0.05, 0) is 12.1 Å². The molecule has 0 aliphatic rings. The molecule has 0 bridgehead atoms. The van der Waals surface area contributed by atoms with E-state index >= 15 is 0 Å². The molecule has 2 aromatic rings. The highest BCUT2D eigenvalue weighted by Crippen LogP contribution is 2.17. The third-order valence-electron chi connectivity index (χ3n) is 2.79. The SMILES string of the molecule is OC(CCOCC(F)F)c1cnn(-c2ccccc2)c1. The lowest BCUT2D eigenvalue weighted by Crippen LogP contribution is -2.08. The Labute approximate surface area is 115 Å². The average molecular weight is 282 g/mol. The minimum Gasteiger partial charge on any atom is -0.388 e.